The van der Waals surface area contributed by atoms with E-state index in [4.69, 9.17) is 16.0 Å². The molecule has 3 aromatic carbocycles. The highest BCUT2D eigenvalue weighted by atomic mass is 16.5. The quantitative estimate of drug-likeness (QED) is 0.278. The summed E-state index contributed by atoms with van der Waals surface area (Å²) in [6.45, 7) is 9.87. The first-order valence-electron chi connectivity index (χ1n) is 14.8. The van der Waals surface area contributed by atoms with Gasteiger partial charge in [-0.1, -0.05) is 49.4 Å². The van der Waals surface area contributed by atoms with Crippen molar-refractivity contribution >= 4 is 40.8 Å². The number of rotatable bonds is 9. The Morgan fingerprint density at radius 3 is 2.64 bits per heavy atom. The summed E-state index contributed by atoms with van der Waals surface area (Å²) >= 11 is 0. The minimum Gasteiger partial charge on any atom is -0.459 e. The minimum absolute atomic E-state index is 0.0556. The third-order valence-electron chi connectivity index (χ3n) is 7.94. The number of esters is 1. The van der Waals surface area contributed by atoms with Crippen LogP contribution >= 0.6 is 0 Å². The lowest BCUT2D eigenvalue weighted by molar-refractivity contribution is -0.150. The van der Waals surface area contributed by atoms with E-state index < -0.39 is 36.0 Å². The van der Waals surface area contributed by atoms with Crippen molar-refractivity contribution in [3.63, 3.8) is 0 Å². The van der Waals surface area contributed by atoms with E-state index in [2.05, 4.69) is 10.2 Å². The summed E-state index contributed by atoms with van der Waals surface area (Å²) in [7, 11) is 0. The second-order valence-corrected chi connectivity index (χ2v) is 10.8. The van der Waals surface area contributed by atoms with Gasteiger partial charge in [-0.25, -0.2) is 9.64 Å². The molecule has 232 valence electrons. The van der Waals surface area contributed by atoms with Crippen LogP contribution in [-0.4, -0.2) is 71.6 Å². The second-order valence-electron chi connectivity index (χ2n) is 10.8. The Labute approximate surface area is 261 Å². The molecule has 11 nitrogen and oxygen atoms in total. The van der Waals surface area contributed by atoms with E-state index in [0.717, 1.165) is 11.1 Å². The smallest absolute Gasteiger partial charge is 0.329 e. The maximum absolute atomic E-state index is 13.6. The maximum atomic E-state index is 13.6. The van der Waals surface area contributed by atoms with E-state index in [9.17, 15) is 24.3 Å². The zero-order valence-corrected chi connectivity index (χ0v) is 24.8. The summed E-state index contributed by atoms with van der Waals surface area (Å²) in [6.07, 6.45) is -1.53. The fraction of sp³-hybridized carbons (Fsp3) is 0.324. The molecule has 3 atom stereocenters. The van der Waals surface area contributed by atoms with Gasteiger partial charge in [0.15, 0.2) is 17.9 Å². The summed E-state index contributed by atoms with van der Waals surface area (Å²) in [4.78, 5) is 59.1. The van der Waals surface area contributed by atoms with E-state index >= 15 is 0 Å². The number of morpholine rings is 1. The number of hydrogen-bond acceptors (Lipinski definition) is 7. The Hall–Kier alpha value is -5.05. The van der Waals surface area contributed by atoms with Gasteiger partial charge in [0.05, 0.1) is 13.2 Å². The van der Waals surface area contributed by atoms with Crippen LogP contribution in [0, 0.1) is 6.57 Å². The van der Waals surface area contributed by atoms with Crippen molar-refractivity contribution in [2.24, 2.45) is 0 Å². The highest BCUT2D eigenvalue weighted by Crippen LogP contribution is 2.27. The molecule has 45 heavy (non-hydrogen) atoms. The first-order valence-corrected chi connectivity index (χ1v) is 14.8. The second kappa shape index (κ2) is 14.2. The number of likely N-dealkylation sites (tertiary alicyclic amines) is 1. The molecule has 0 saturated carbocycles. The van der Waals surface area contributed by atoms with Crippen molar-refractivity contribution in [3.05, 3.63) is 101 Å². The number of anilines is 2. The Bertz CT molecular complexity index is 1620. The molecule has 0 aromatic heterocycles. The van der Waals surface area contributed by atoms with Gasteiger partial charge in [-0.15, -0.1) is 0 Å². The molecule has 0 bridgehead atoms. The van der Waals surface area contributed by atoms with Crippen molar-refractivity contribution in [1.82, 2.24) is 4.90 Å². The summed E-state index contributed by atoms with van der Waals surface area (Å²) in [5.41, 5.74) is 3.15. The number of aryl methyl sites for hydroxylation is 1. The lowest BCUT2D eigenvalue weighted by Crippen LogP contribution is -2.55. The van der Waals surface area contributed by atoms with Crippen LogP contribution in [0.2, 0.25) is 0 Å². The van der Waals surface area contributed by atoms with Crippen LogP contribution in [0.25, 0.3) is 4.85 Å². The van der Waals surface area contributed by atoms with E-state index in [1.165, 1.54) is 9.80 Å². The van der Waals surface area contributed by atoms with Gasteiger partial charge in [0.1, 0.15) is 12.6 Å². The number of amides is 3. The fourth-order valence-corrected chi connectivity index (χ4v) is 5.55. The topological polar surface area (TPSA) is 130 Å². The first kappa shape index (κ1) is 31.4. The molecule has 0 unspecified atom stereocenters. The molecule has 2 heterocycles. The molecular formula is C34H34N4O7. The molecule has 0 aliphatic carbocycles. The number of ether oxygens (including phenoxy) is 2. The standard InChI is InChI=1S/C34H34N4O7/c1-3-23-19-25(14-15-27(23)35-2)36-31(40)29(39)30-33(42)37(17-18-44-30)26-12-7-11-24(20-26)32(41)38-16-8-13-28(38)34(43)45-21-22-9-5-4-6-10-22/h4-7,9-12,14-15,19-20,28-30,39H,3,8,13,16-18,21H2,1H3,(H,36,40)/t28-,29+,30+/m0/s1. The number of carbonyl (C=O) groups excluding carboxylic acids is 4. The molecule has 3 aromatic rings. The molecule has 2 aliphatic rings. The Morgan fingerprint density at radius 2 is 1.89 bits per heavy atom. The van der Waals surface area contributed by atoms with Gasteiger partial charge in [0, 0.05) is 30.0 Å². The van der Waals surface area contributed by atoms with Gasteiger partial charge in [-0.3, -0.25) is 14.4 Å². The number of nitrogens with zero attached hydrogens (tertiary/aromatic N) is 3. The van der Waals surface area contributed by atoms with Crippen molar-refractivity contribution in [2.45, 2.75) is 51.0 Å². The Kier molecular flexibility index (Phi) is 9.87. The van der Waals surface area contributed by atoms with E-state index in [0.29, 0.717) is 48.4 Å². The van der Waals surface area contributed by atoms with Crippen molar-refractivity contribution in [2.75, 3.05) is 29.9 Å². The van der Waals surface area contributed by atoms with Gasteiger partial charge in [-0.2, -0.15) is 0 Å². The summed E-state index contributed by atoms with van der Waals surface area (Å²) in [6, 6.07) is 19.9. The van der Waals surface area contributed by atoms with E-state index in [-0.39, 0.29) is 25.7 Å². The average molecular weight is 611 g/mol. The zero-order valence-electron chi connectivity index (χ0n) is 24.8. The third kappa shape index (κ3) is 7.03. The summed E-state index contributed by atoms with van der Waals surface area (Å²) < 4.78 is 11.0. The van der Waals surface area contributed by atoms with Crippen LogP contribution in [0.5, 0.6) is 0 Å². The summed E-state index contributed by atoms with van der Waals surface area (Å²) in [5, 5.41) is 13.4. The molecule has 2 aliphatic heterocycles. The average Bonchev–Trinajstić information content (AvgIpc) is 3.57. The molecule has 2 fully saturated rings. The molecular weight excluding hydrogens is 576 g/mol. The number of hydrogen-bond donors (Lipinski definition) is 2. The fourth-order valence-electron chi connectivity index (χ4n) is 5.55. The number of aliphatic hydroxyl groups excluding tert-OH is 1. The van der Waals surface area contributed by atoms with Gasteiger partial charge in [0.2, 0.25) is 0 Å². The van der Waals surface area contributed by atoms with Crippen LogP contribution in [0.1, 0.15) is 41.3 Å². The van der Waals surface area contributed by atoms with Crippen molar-refractivity contribution in [3.8, 4) is 0 Å². The van der Waals surface area contributed by atoms with E-state index in [1.807, 2.05) is 37.3 Å². The lowest BCUT2D eigenvalue weighted by Gasteiger charge is -2.34. The monoisotopic (exact) mass is 610 g/mol. The number of carbonyl (C=O) groups is 4. The third-order valence-corrected chi connectivity index (χ3v) is 7.94. The Morgan fingerprint density at radius 1 is 1.09 bits per heavy atom. The van der Waals surface area contributed by atoms with Crippen LogP contribution in [0.4, 0.5) is 17.1 Å². The molecule has 11 heteroatoms. The van der Waals surface area contributed by atoms with Crippen LogP contribution in [-0.2, 0) is 36.9 Å². The predicted molar refractivity (Wildman–Crippen MR) is 166 cm³/mol. The molecule has 0 spiro atoms. The number of aliphatic hydroxyl groups is 1. The highest BCUT2D eigenvalue weighted by molar-refractivity contribution is 6.05. The van der Waals surface area contributed by atoms with Gasteiger partial charge >= 0.3 is 5.97 Å². The largest absolute Gasteiger partial charge is 0.459 e. The minimum atomic E-state index is -1.80. The zero-order chi connectivity index (χ0) is 31.9. The Balaban J connectivity index is 1.25. The molecule has 2 saturated heterocycles. The maximum Gasteiger partial charge on any atom is 0.329 e. The molecule has 0 radical (unpaired) electrons. The van der Waals surface area contributed by atoms with Crippen LogP contribution in [0.3, 0.4) is 0 Å². The lowest BCUT2D eigenvalue weighted by atomic mass is 10.1. The van der Waals surface area contributed by atoms with Gasteiger partial charge in [-0.05, 0) is 60.7 Å². The van der Waals surface area contributed by atoms with Crippen molar-refractivity contribution in [1.29, 1.82) is 0 Å². The summed E-state index contributed by atoms with van der Waals surface area (Å²) in [5.74, 6) is -2.28. The van der Waals surface area contributed by atoms with Crippen molar-refractivity contribution < 1.29 is 33.8 Å². The van der Waals surface area contributed by atoms with E-state index in [1.54, 1.807) is 42.5 Å². The number of benzene rings is 3. The molecule has 2 N–H and O–H groups in total. The SMILES string of the molecule is [C-]#[N+]c1ccc(NC(=O)[C@H](O)[C@H]2OCCN(c3cccc(C(=O)N4CCC[C@H]4C(=O)OCc4ccccc4)c3)C2=O)cc1CC. The van der Waals surface area contributed by atoms with Gasteiger partial charge < -0.3 is 29.7 Å². The highest BCUT2D eigenvalue weighted by Gasteiger charge is 2.40. The van der Waals surface area contributed by atoms with Gasteiger partial charge in [0.25, 0.3) is 17.7 Å². The van der Waals surface area contributed by atoms with Crippen LogP contribution in [0.15, 0.2) is 72.8 Å². The predicted octanol–water partition coefficient (Wildman–Crippen LogP) is 3.88. The van der Waals surface area contributed by atoms with Crippen LogP contribution < -0.4 is 10.2 Å². The molecule has 5 rings (SSSR count). The molecule has 3 amide bonds. The number of nitrogens with one attached hydrogen (secondary N) is 1. The normalized spacial score (nSPS) is 18.6. The first-order chi connectivity index (χ1) is 21.8.